The molecule has 0 radical (unpaired) electrons. The zero-order chi connectivity index (χ0) is 20.4. The van der Waals surface area contributed by atoms with Crippen LogP contribution in [0.15, 0.2) is 66.9 Å². The highest BCUT2D eigenvalue weighted by Crippen LogP contribution is 2.39. The maximum atomic E-state index is 4.67. The monoisotopic (exact) mass is 385 g/mol. The number of nitrogens with zero attached hydrogens (tertiary/aromatic N) is 3. The van der Waals surface area contributed by atoms with Gasteiger partial charge in [-0.3, -0.25) is 4.90 Å². The maximum absolute atomic E-state index is 4.67. The molecule has 2 heterocycles. The molecule has 3 aromatic rings. The van der Waals surface area contributed by atoms with E-state index in [1.807, 2.05) is 6.20 Å². The molecule has 150 valence electrons. The number of benzene rings is 2. The molecular formula is C26H31N3. The summed E-state index contributed by atoms with van der Waals surface area (Å²) in [6.07, 6.45) is 4.41. The molecule has 1 aromatic heterocycles. The van der Waals surface area contributed by atoms with Crippen LogP contribution in [-0.4, -0.2) is 23.5 Å². The number of hydrogen-bond acceptors (Lipinski definition) is 3. The van der Waals surface area contributed by atoms with Gasteiger partial charge in [0.15, 0.2) is 0 Å². The van der Waals surface area contributed by atoms with Crippen molar-refractivity contribution in [3.63, 3.8) is 0 Å². The third kappa shape index (κ3) is 4.06. The number of aryl methyl sites for hydroxylation is 2. The van der Waals surface area contributed by atoms with Crippen molar-refractivity contribution in [1.82, 2.24) is 9.88 Å². The Labute approximate surface area is 175 Å². The minimum absolute atomic E-state index is 0.411. The molecule has 29 heavy (non-hydrogen) atoms. The number of para-hydroxylation sites is 1. The van der Waals surface area contributed by atoms with E-state index < -0.39 is 0 Å². The second-order valence-electron chi connectivity index (χ2n) is 8.28. The fourth-order valence-electron chi connectivity index (χ4n) is 4.54. The van der Waals surface area contributed by atoms with Crippen molar-refractivity contribution in [2.45, 2.75) is 45.7 Å². The highest BCUT2D eigenvalue weighted by Gasteiger charge is 2.30. The van der Waals surface area contributed by atoms with Gasteiger partial charge in [-0.05, 0) is 75.0 Å². The van der Waals surface area contributed by atoms with Crippen LogP contribution >= 0.6 is 0 Å². The van der Waals surface area contributed by atoms with Crippen molar-refractivity contribution in [3.05, 3.63) is 89.1 Å². The summed E-state index contributed by atoms with van der Waals surface area (Å²) in [5.74, 6) is 1.01. The molecular weight excluding hydrogens is 354 g/mol. The van der Waals surface area contributed by atoms with Gasteiger partial charge >= 0.3 is 0 Å². The number of anilines is 2. The van der Waals surface area contributed by atoms with E-state index in [1.165, 1.54) is 40.8 Å². The lowest BCUT2D eigenvalue weighted by molar-refractivity contribution is 0.194. The van der Waals surface area contributed by atoms with Gasteiger partial charge in [0.1, 0.15) is 5.82 Å². The van der Waals surface area contributed by atoms with E-state index in [1.54, 1.807) is 0 Å². The highest BCUT2D eigenvalue weighted by molar-refractivity contribution is 5.63. The Kier molecular flexibility index (Phi) is 5.68. The first-order valence-corrected chi connectivity index (χ1v) is 10.6. The molecule has 0 bridgehead atoms. The van der Waals surface area contributed by atoms with Crippen LogP contribution in [0, 0.1) is 13.8 Å². The van der Waals surface area contributed by atoms with E-state index in [4.69, 9.17) is 0 Å². The van der Waals surface area contributed by atoms with Gasteiger partial charge in [-0.1, -0.05) is 48.0 Å². The van der Waals surface area contributed by atoms with Gasteiger partial charge in [-0.2, -0.15) is 0 Å². The minimum atomic E-state index is 0.411. The van der Waals surface area contributed by atoms with Crippen molar-refractivity contribution in [2.75, 3.05) is 18.5 Å². The summed E-state index contributed by atoms with van der Waals surface area (Å²) >= 11 is 0. The number of hydrogen-bond donors (Lipinski definition) is 0. The average Bonchev–Trinajstić information content (AvgIpc) is 3.24. The summed E-state index contributed by atoms with van der Waals surface area (Å²) in [4.78, 5) is 9.52. The number of pyridine rings is 1. The first kappa shape index (κ1) is 19.7. The molecule has 0 N–H and O–H groups in total. The maximum Gasteiger partial charge on any atom is 0.132 e. The minimum Gasteiger partial charge on any atom is -0.329 e. The molecule has 1 aliphatic rings. The standard InChI is InChI=1S/C26H31N3/c1-19-11-13-22(14-12-19)21(3)29-17-7-10-25(29)23-15-16-27-26(18-23)28(4)24-9-6-5-8-20(24)2/h5-6,8-9,11-16,18,21,25H,7,10,17H2,1-4H3/t21-,25+/m1/s1. The Balaban J connectivity index is 1.60. The molecule has 0 unspecified atom stereocenters. The molecule has 3 heteroatoms. The predicted molar refractivity (Wildman–Crippen MR) is 122 cm³/mol. The Bertz CT molecular complexity index is 964. The van der Waals surface area contributed by atoms with Gasteiger partial charge < -0.3 is 4.90 Å². The Morgan fingerprint density at radius 1 is 1.03 bits per heavy atom. The lowest BCUT2D eigenvalue weighted by Gasteiger charge is -2.32. The smallest absolute Gasteiger partial charge is 0.132 e. The molecule has 0 amide bonds. The van der Waals surface area contributed by atoms with E-state index in [2.05, 4.69) is 103 Å². The van der Waals surface area contributed by atoms with E-state index in [0.717, 1.165) is 12.4 Å². The molecule has 2 atom stereocenters. The fraction of sp³-hybridized carbons (Fsp3) is 0.346. The molecule has 0 spiro atoms. The first-order chi connectivity index (χ1) is 14.0. The molecule has 1 saturated heterocycles. The van der Waals surface area contributed by atoms with Gasteiger partial charge in [0, 0.05) is 31.0 Å². The van der Waals surface area contributed by atoms with E-state index >= 15 is 0 Å². The Hall–Kier alpha value is -2.65. The van der Waals surface area contributed by atoms with Gasteiger partial charge in [-0.15, -0.1) is 0 Å². The third-order valence-electron chi connectivity index (χ3n) is 6.33. The van der Waals surface area contributed by atoms with Crippen molar-refractivity contribution >= 4 is 11.5 Å². The quantitative estimate of drug-likeness (QED) is 0.509. The summed E-state index contributed by atoms with van der Waals surface area (Å²) in [7, 11) is 2.11. The zero-order valence-electron chi connectivity index (χ0n) is 18.0. The van der Waals surface area contributed by atoms with Gasteiger partial charge in [0.25, 0.3) is 0 Å². The lowest BCUT2D eigenvalue weighted by Crippen LogP contribution is -2.27. The normalized spacial score (nSPS) is 18.0. The largest absolute Gasteiger partial charge is 0.329 e. The zero-order valence-corrected chi connectivity index (χ0v) is 18.0. The molecule has 1 aliphatic heterocycles. The van der Waals surface area contributed by atoms with Crippen LogP contribution in [0.5, 0.6) is 0 Å². The van der Waals surface area contributed by atoms with Crippen LogP contribution in [0.1, 0.15) is 54.1 Å². The van der Waals surface area contributed by atoms with Crippen LogP contribution < -0.4 is 4.90 Å². The number of likely N-dealkylation sites (tertiary alicyclic amines) is 1. The fourth-order valence-corrected chi connectivity index (χ4v) is 4.54. The summed E-state index contributed by atoms with van der Waals surface area (Å²) < 4.78 is 0. The van der Waals surface area contributed by atoms with Crippen molar-refractivity contribution in [2.24, 2.45) is 0 Å². The van der Waals surface area contributed by atoms with Crippen LogP contribution in [0.2, 0.25) is 0 Å². The van der Waals surface area contributed by atoms with Gasteiger partial charge in [-0.25, -0.2) is 4.98 Å². The van der Waals surface area contributed by atoms with Crippen LogP contribution in [0.25, 0.3) is 0 Å². The highest BCUT2D eigenvalue weighted by atomic mass is 15.2. The number of aromatic nitrogens is 1. The summed E-state index contributed by atoms with van der Waals surface area (Å²) in [6.45, 7) is 7.78. The topological polar surface area (TPSA) is 19.4 Å². The second-order valence-corrected chi connectivity index (χ2v) is 8.28. The molecule has 3 nitrogen and oxygen atoms in total. The summed E-state index contributed by atoms with van der Waals surface area (Å²) in [5.41, 5.74) is 6.55. The Morgan fingerprint density at radius 2 is 1.79 bits per heavy atom. The SMILES string of the molecule is Cc1ccc([C@@H](C)N2CCC[C@H]2c2ccnc(N(C)c3ccccc3C)c2)cc1. The van der Waals surface area contributed by atoms with Crippen molar-refractivity contribution in [1.29, 1.82) is 0 Å². The molecule has 0 saturated carbocycles. The first-order valence-electron chi connectivity index (χ1n) is 10.6. The molecule has 2 aromatic carbocycles. The van der Waals surface area contributed by atoms with E-state index in [-0.39, 0.29) is 0 Å². The van der Waals surface area contributed by atoms with Crippen molar-refractivity contribution < 1.29 is 0 Å². The molecule has 1 fully saturated rings. The van der Waals surface area contributed by atoms with E-state index in [0.29, 0.717) is 12.1 Å². The molecule has 4 rings (SSSR count). The van der Waals surface area contributed by atoms with Gasteiger partial charge in [0.05, 0.1) is 0 Å². The van der Waals surface area contributed by atoms with Crippen LogP contribution in [0.4, 0.5) is 11.5 Å². The van der Waals surface area contributed by atoms with Crippen molar-refractivity contribution in [3.8, 4) is 0 Å². The second kappa shape index (κ2) is 8.38. The summed E-state index contributed by atoms with van der Waals surface area (Å²) in [6, 6.07) is 22.8. The third-order valence-corrected chi connectivity index (χ3v) is 6.33. The summed E-state index contributed by atoms with van der Waals surface area (Å²) in [5, 5.41) is 0. The average molecular weight is 386 g/mol. The Morgan fingerprint density at radius 3 is 2.55 bits per heavy atom. The lowest BCUT2D eigenvalue weighted by atomic mass is 10.0. The van der Waals surface area contributed by atoms with Gasteiger partial charge in [0.2, 0.25) is 0 Å². The number of rotatable bonds is 5. The predicted octanol–water partition coefficient (Wildman–Crippen LogP) is 6.36. The van der Waals surface area contributed by atoms with Crippen LogP contribution in [0.3, 0.4) is 0 Å². The molecule has 0 aliphatic carbocycles. The van der Waals surface area contributed by atoms with E-state index in [9.17, 15) is 0 Å². The van der Waals surface area contributed by atoms with Crippen LogP contribution in [-0.2, 0) is 0 Å².